The predicted octanol–water partition coefficient (Wildman–Crippen LogP) is 5.00. The second kappa shape index (κ2) is 9.20. The van der Waals surface area contributed by atoms with Crippen molar-refractivity contribution >= 4 is 17.6 Å². The topological polar surface area (TPSA) is 48.4 Å². The number of benzene rings is 1. The number of rotatable bonds is 4. The Morgan fingerprint density at radius 2 is 1.71 bits per heavy atom. The lowest BCUT2D eigenvalue weighted by Gasteiger charge is -2.41. The second-order valence-corrected chi connectivity index (χ2v) is 9.74. The maximum Gasteiger partial charge on any atom is 0.228 e. The third-order valence-corrected chi connectivity index (χ3v) is 7.06. The van der Waals surface area contributed by atoms with Crippen molar-refractivity contribution in [3.8, 4) is 11.3 Å². The smallest absolute Gasteiger partial charge is 0.228 e. The minimum Gasteiger partial charge on any atom is -0.353 e. The average molecular weight is 461 g/mol. The molecule has 6 nitrogen and oxygen atoms in total. The summed E-state index contributed by atoms with van der Waals surface area (Å²) in [7, 11) is 0. The van der Waals surface area contributed by atoms with Crippen LogP contribution in [-0.2, 0) is 0 Å². The molecule has 2 fully saturated rings. The molecule has 0 spiro atoms. The summed E-state index contributed by atoms with van der Waals surface area (Å²) in [5, 5.41) is 0. The lowest BCUT2D eigenvalue weighted by atomic mass is 10.1. The van der Waals surface area contributed by atoms with Crippen LogP contribution in [0, 0.1) is 19.7 Å². The van der Waals surface area contributed by atoms with Gasteiger partial charge in [0, 0.05) is 56.1 Å². The molecular weight excluding hydrogens is 427 g/mol. The molecule has 178 valence electrons. The van der Waals surface area contributed by atoms with Gasteiger partial charge in [0.1, 0.15) is 17.5 Å². The standard InChI is InChI=1S/C27H33FN6/c1-18-14-19(2)26(29-16-18)32-12-13-33(21(4)17-32)25-15-24(22-7-9-23(28)10-8-22)30-27(31-25)34-11-5-6-20(34)3/h7-10,14-16,20-21H,5-6,11-13,17H2,1-4H3/t20?,21-/m1/s1. The van der Waals surface area contributed by atoms with Crippen LogP contribution in [0.3, 0.4) is 0 Å². The lowest BCUT2D eigenvalue weighted by Crippen LogP contribution is -2.53. The quantitative estimate of drug-likeness (QED) is 0.546. The first-order chi connectivity index (χ1) is 16.4. The number of hydrogen-bond acceptors (Lipinski definition) is 6. The summed E-state index contributed by atoms with van der Waals surface area (Å²) in [5.41, 5.74) is 4.14. The van der Waals surface area contributed by atoms with Gasteiger partial charge >= 0.3 is 0 Å². The molecular formula is C27H33FN6. The minimum atomic E-state index is -0.240. The van der Waals surface area contributed by atoms with Crippen LogP contribution in [-0.4, -0.2) is 53.2 Å². The summed E-state index contributed by atoms with van der Waals surface area (Å²) in [6, 6.07) is 11.5. The van der Waals surface area contributed by atoms with Gasteiger partial charge in [-0.05, 0) is 75.9 Å². The maximum atomic E-state index is 13.6. The molecule has 0 amide bonds. The fourth-order valence-corrected chi connectivity index (χ4v) is 5.23. The van der Waals surface area contributed by atoms with Crippen LogP contribution in [0.4, 0.5) is 22.0 Å². The highest BCUT2D eigenvalue weighted by atomic mass is 19.1. The van der Waals surface area contributed by atoms with E-state index in [0.717, 1.165) is 67.9 Å². The molecule has 2 aromatic heterocycles. The molecule has 0 N–H and O–H groups in total. The van der Waals surface area contributed by atoms with E-state index in [9.17, 15) is 4.39 Å². The zero-order valence-electron chi connectivity index (χ0n) is 20.5. The number of hydrogen-bond donors (Lipinski definition) is 0. The van der Waals surface area contributed by atoms with E-state index >= 15 is 0 Å². The van der Waals surface area contributed by atoms with E-state index in [1.54, 1.807) is 12.1 Å². The third kappa shape index (κ3) is 4.43. The van der Waals surface area contributed by atoms with Gasteiger partial charge in [0.15, 0.2) is 0 Å². The highest BCUT2D eigenvalue weighted by Crippen LogP contribution is 2.31. The summed E-state index contributed by atoms with van der Waals surface area (Å²) in [4.78, 5) is 21.7. The molecule has 2 atom stereocenters. The van der Waals surface area contributed by atoms with Crippen molar-refractivity contribution in [1.82, 2.24) is 15.0 Å². The zero-order chi connectivity index (χ0) is 23.8. The predicted molar refractivity (Wildman–Crippen MR) is 136 cm³/mol. The molecule has 2 aliphatic rings. The Kier molecular flexibility index (Phi) is 6.11. The van der Waals surface area contributed by atoms with Gasteiger partial charge in [0.25, 0.3) is 0 Å². The molecule has 3 aromatic rings. The number of anilines is 3. The van der Waals surface area contributed by atoms with Crippen LogP contribution in [0.15, 0.2) is 42.6 Å². The Hall–Kier alpha value is -3.22. The van der Waals surface area contributed by atoms with Gasteiger partial charge in [-0.3, -0.25) is 0 Å². The monoisotopic (exact) mass is 460 g/mol. The Labute approximate surface area is 201 Å². The van der Waals surface area contributed by atoms with E-state index < -0.39 is 0 Å². The Morgan fingerprint density at radius 1 is 0.912 bits per heavy atom. The Bertz CT molecular complexity index is 1160. The number of nitrogens with zero attached hydrogens (tertiary/aromatic N) is 6. The molecule has 7 heteroatoms. The highest BCUT2D eigenvalue weighted by molar-refractivity contribution is 5.66. The molecule has 0 saturated carbocycles. The van der Waals surface area contributed by atoms with E-state index in [1.165, 1.54) is 23.3 Å². The third-order valence-electron chi connectivity index (χ3n) is 7.06. The van der Waals surface area contributed by atoms with Crippen molar-refractivity contribution in [3.05, 3.63) is 59.5 Å². The molecule has 0 bridgehead atoms. The number of piperazine rings is 1. The summed E-state index contributed by atoms with van der Waals surface area (Å²) in [6.45, 7) is 12.3. The van der Waals surface area contributed by atoms with Crippen molar-refractivity contribution in [2.45, 2.75) is 52.6 Å². The summed E-state index contributed by atoms with van der Waals surface area (Å²) >= 11 is 0. The van der Waals surface area contributed by atoms with Crippen LogP contribution < -0.4 is 14.7 Å². The molecule has 4 heterocycles. The van der Waals surface area contributed by atoms with E-state index in [2.05, 4.69) is 54.5 Å². The highest BCUT2D eigenvalue weighted by Gasteiger charge is 2.29. The van der Waals surface area contributed by atoms with Gasteiger partial charge in [-0.1, -0.05) is 6.07 Å². The van der Waals surface area contributed by atoms with Gasteiger partial charge < -0.3 is 14.7 Å². The van der Waals surface area contributed by atoms with E-state index in [4.69, 9.17) is 15.0 Å². The first kappa shape index (κ1) is 22.6. The Balaban J connectivity index is 1.46. The van der Waals surface area contributed by atoms with Crippen molar-refractivity contribution in [2.24, 2.45) is 0 Å². The first-order valence-electron chi connectivity index (χ1n) is 12.3. The van der Waals surface area contributed by atoms with E-state index in [1.807, 2.05) is 6.20 Å². The van der Waals surface area contributed by atoms with Crippen LogP contribution in [0.2, 0.25) is 0 Å². The summed E-state index contributed by atoms with van der Waals surface area (Å²) in [6.07, 6.45) is 4.25. The summed E-state index contributed by atoms with van der Waals surface area (Å²) < 4.78 is 13.6. The SMILES string of the molecule is Cc1cnc(N2CCN(c3cc(-c4ccc(F)cc4)nc(N4CCCC4C)n3)[C@H](C)C2)c(C)c1. The van der Waals surface area contributed by atoms with Gasteiger partial charge in [-0.25, -0.2) is 14.4 Å². The number of aryl methyl sites for hydroxylation is 2. The van der Waals surface area contributed by atoms with Crippen molar-refractivity contribution in [3.63, 3.8) is 0 Å². The fourth-order valence-electron chi connectivity index (χ4n) is 5.23. The molecule has 1 unspecified atom stereocenters. The van der Waals surface area contributed by atoms with E-state index in [0.29, 0.717) is 6.04 Å². The average Bonchev–Trinajstić information content (AvgIpc) is 3.25. The van der Waals surface area contributed by atoms with Crippen molar-refractivity contribution in [1.29, 1.82) is 0 Å². The van der Waals surface area contributed by atoms with Crippen molar-refractivity contribution in [2.75, 3.05) is 40.9 Å². The van der Waals surface area contributed by atoms with Gasteiger partial charge in [0.2, 0.25) is 5.95 Å². The normalized spacial score (nSPS) is 20.8. The molecule has 2 aliphatic heterocycles. The Morgan fingerprint density at radius 3 is 2.38 bits per heavy atom. The molecule has 0 radical (unpaired) electrons. The molecule has 1 aromatic carbocycles. The number of aromatic nitrogens is 3. The molecule has 5 rings (SSSR count). The fraction of sp³-hybridized carbons (Fsp3) is 0.444. The lowest BCUT2D eigenvalue weighted by molar-refractivity contribution is 0.541. The van der Waals surface area contributed by atoms with Gasteiger partial charge in [0.05, 0.1) is 5.69 Å². The van der Waals surface area contributed by atoms with Gasteiger partial charge in [-0.2, -0.15) is 4.98 Å². The summed E-state index contributed by atoms with van der Waals surface area (Å²) in [5.74, 6) is 2.53. The molecule has 2 saturated heterocycles. The van der Waals surface area contributed by atoms with Gasteiger partial charge in [-0.15, -0.1) is 0 Å². The molecule has 0 aliphatic carbocycles. The van der Waals surface area contributed by atoms with Crippen LogP contribution >= 0.6 is 0 Å². The largest absolute Gasteiger partial charge is 0.353 e. The first-order valence-corrected chi connectivity index (χ1v) is 12.3. The van der Waals surface area contributed by atoms with Crippen molar-refractivity contribution < 1.29 is 4.39 Å². The van der Waals surface area contributed by atoms with Crippen LogP contribution in [0.1, 0.15) is 37.8 Å². The molecule has 34 heavy (non-hydrogen) atoms. The maximum absolute atomic E-state index is 13.6. The number of pyridine rings is 1. The zero-order valence-corrected chi connectivity index (χ0v) is 20.5. The van der Waals surface area contributed by atoms with Crippen LogP contribution in [0.25, 0.3) is 11.3 Å². The minimum absolute atomic E-state index is 0.240. The van der Waals surface area contributed by atoms with Crippen LogP contribution in [0.5, 0.6) is 0 Å². The van der Waals surface area contributed by atoms with E-state index in [-0.39, 0.29) is 11.9 Å². The number of halogens is 1. The second-order valence-electron chi connectivity index (χ2n) is 9.74.